The minimum atomic E-state index is -0.684. The lowest BCUT2D eigenvalue weighted by molar-refractivity contribution is 0.158. The summed E-state index contributed by atoms with van der Waals surface area (Å²) < 4.78 is 12.3. The average Bonchev–Trinajstić information content (AvgIpc) is 3.18. The van der Waals surface area contributed by atoms with Gasteiger partial charge in [0.05, 0.1) is 26.0 Å². The van der Waals surface area contributed by atoms with E-state index in [-0.39, 0.29) is 11.5 Å². The highest BCUT2D eigenvalue weighted by atomic mass is 16.5. The fourth-order valence-electron chi connectivity index (χ4n) is 4.17. The van der Waals surface area contributed by atoms with E-state index in [0.717, 1.165) is 11.1 Å². The molecule has 0 saturated heterocycles. The molecule has 4 rings (SSSR count). The number of aliphatic hydroxyl groups is 1. The van der Waals surface area contributed by atoms with Gasteiger partial charge >= 0.3 is 0 Å². The van der Waals surface area contributed by atoms with Crippen molar-refractivity contribution in [1.29, 1.82) is 0 Å². The third-order valence-electron chi connectivity index (χ3n) is 5.98. The Hall–Kier alpha value is -3.91. The van der Waals surface area contributed by atoms with Gasteiger partial charge in [0, 0.05) is 12.3 Å². The maximum absolute atomic E-state index is 13.0. The average molecular weight is 475 g/mol. The number of nitrogens with one attached hydrogen (secondary N) is 1. The minimum absolute atomic E-state index is 0.268. The Morgan fingerprint density at radius 1 is 1.11 bits per heavy atom. The Kier molecular flexibility index (Phi) is 7.31. The second-order valence-electron chi connectivity index (χ2n) is 8.48. The number of aryl methyl sites for hydroxylation is 1. The summed E-state index contributed by atoms with van der Waals surface area (Å²) in [6.45, 7) is 3.51. The topological polar surface area (TPSA) is 102 Å². The Balaban J connectivity index is 1.69. The molecule has 2 unspecified atom stereocenters. The van der Waals surface area contributed by atoms with Crippen molar-refractivity contribution in [3.63, 3.8) is 0 Å². The van der Waals surface area contributed by atoms with Gasteiger partial charge < -0.3 is 19.6 Å². The summed E-state index contributed by atoms with van der Waals surface area (Å²) in [6, 6.07) is 15.5. The van der Waals surface area contributed by atoms with Gasteiger partial charge in [-0.05, 0) is 43.5 Å². The number of aromatic amines is 1. The van der Waals surface area contributed by atoms with E-state index in [1.807, 2.05) is 60.7 Å². The molecular formula is C27H30N4O4. The summed E-state index contributed by atoms with van der Waals surface area (Å²) in [6.07, 6.45) is 4.28. The summed E-state index contributed by atoms with van der Waals surface area (Å²) in [5.41, 5.74) is 2.67. The summed E-state index contributed by atoms with van der Waals surface area (Å²) in [5, 5.41) is 15.3. The van der Waals surface area contributed by atoms with E-state index >= 15 is 0 Å². The Morgan fingerprint density at radius 2 is 1.86 bits per heavy atom. The first-order valence-corrected chi connectivity index (χ1v) is 11.5. The number of hydrogen-bond acceptors (Lipinski definition) is 6. The highest BCUT2D eigenvalue weighted by molar-refractivity contribution is 5.51. The van der Waals surface area contributed by atoms with E-state index in [0.29, 0.717) is 47.2 Å². The van der Waals surface area contributed by atoms with Crippen LogP contribution in [0.15, 0.2) is 59.4 Å². The van der Waals surface area contributed by atoms with Crippen LogP contribution in [0.1, 0.15) is 47.7 Å². The van der Waals surface area contributed by atoms with Crippen molar-refractivity contribution in [2.45, 2.75) is 38.7 Å². The van der Waals surface area contributed by atoms with Crippen molar-refractivity contribution in [2.24, 2.45) is 0 Å². The van der Waals surface area contributed by atoms with Crippen molar-refractivity contribution in [2.75, 3.05) is 14.2 Å². The smallest absolute Gasteiger partial charge is 0.277 e. The molecule has 182 valence electrons. The molecule has 2 atom stereocenters. The van der Waals surface area contributed by atoms with E-state index in [1.54, 1.807) is 32.6 Å². The molecule has 2 N–H and O–H groups in total. The highest BCUT2D eigenvalue weighted by Gasteiger charge is 2.25. The first kappa shape index (κ1) is 24.2. The van der Waals surface area contributed by atoms with Crippen LogP contribution in [0.25, 0.3) is 11.6 Å². The van der Waals surface area contributed by atoms with Crippen molar-refractivity contribution < 1.29 is 14.6 Å². The maximum Gasteiger partial charge on any atom is 0.277 e. The van der Waals surface area contributed by atoms with Crippen LogP contribution in [-0.4, -0.2) is 45.0 Å². The summed E-state index contributed by atoms with van der Waals surface area (Å²) >= 11 is 0. The monoisotopic (exact) mass is 474 g/mol. The molecule has 4 aromatic rings. The normalized spacial score (nSPS) is 13.3. The van der Waals surface area contributed by atoms with Gasteiger partial charge in [0.25, 0.3) is 5.56 Å². The number of rotatable bonds is 9. The molecule has 0 spiro atoms. The molecule has 0 amide bonds. The first-order chi connectivity index (χ1) is 16.9. The number of nitrogens with zero attached hydrogens (tertiary/aromatic N) is 3. The van der Waals surface area contributed by atoms with Crippen LogP contribution in [0.5, 0.6) is 11.5 Å². The van der Waals surface area contributed by atoms with Crippen LogP contribution in [-0.2, 0) is 6.42 Å². The van der Waals surface area contributed by atoms with Crippen molar-refractivity contribution >= 4 is 11.6 Å². The van der Waals surface area contributed by atoms with Crippen molar-refractivity contribution in [1.82, 2.24) is 19.6 Å². The zero-order chi connectivity index (χ0) is 24.9. The Bertz CT molecular complexity index is 1390. The predicted octanol–water partition coefficient (Wildman–Crippen LogP) is 3.90. The standard InChI is InChI=1S/C27H30N4O4/c1-17-25-27(33)29-24(16-20-13-14-22(34-3)23(15-20)35-4)30-31(25)26(28-17)21(18(2)32)12-8-11-19-9-6-5-7-10-19/h5-11,13-15,18,21,32H,12,16H2,1-4H3,(H,29,30,33)/b11-8+. The van der Waals surface area contributed by atoms with E-state index in [9.17, 15) is 9.90 Å². The number of benzene rings is 2. The first-order valence-electron chi connectivity index (χ1n) is 11.5. The molecule has 0 aliphatic rings. The molecule has 0 aliphatic carbocycles. The van der Waals surface area contributed by atoms with Crippen LogP contribution in [0, 0.1) is 6.92 Å². The summed E-state index contributed by atoms with van der Waals surface area (Å²) in [7, 11) is 3.16. The third-order valence-corrected chi connectivity index (χ3v) is 5.98. The van der Waals surface area contributed by atoms with Crippen LogP contribution in [0.3, 0.4) is 0 Å². The van der Waals surface area contributed by atoms with Crippen LogP contribution in [0.4, 0.5) is 0 Å². The number of fused-ring (bicyclic) bond motifs is 1. The molecular weight excluding hydrogens is 444 g/mol. The molecule has 2 aromatic heterocycles. The summed E-state index contributed by atoms with van der Waals surface area (Å²) in [5.74, 6) is 1.94. The molecule has 35 heavy (non-hydrogen) atoms. The van der Waals surface area contributed by atoms with Gasteiger partial charge in [0.15, 0.2) is 17.0 Å². The zero-order valence-electron chi connectivity index (χ0n) is 20.4. The van der Waals surface area contributed by atoms with Crippen molar-refractivity contribution in [3.8, 4) is 11.5 Å². The second-order valence-corrected chi connectivity index (χ2v) is 8.48. The quantitative estimate of drug-likeness (QED) is 0.382. The lowest BCUT2D eigenvalue weighted by atomic mass is 9.98. The number of imidazole rings is 1. The number of aromatic nitrogens is 4. The molecule has 0 bridgehead atoms. The maximum atomic E-state index is 13.0. The van der Waals surface area contributed by atoms with Gasteiger partial charge in [0.2, 0.25) is 0 Å². The molecule has 8 nitrogen and oxygen atoms in total. The lowest BCUT2D eigenvalue weighted by Crippen LogP contribution is -2.21. The molecule has 0 radical (unpaired) electrons. The fraction of sp³-hybridized carbons (Fsp3) is 0.296. The molecule has 2 aromatic carbocycles. The molecule has 8 heteroatoms. The molecule has 0 aliphatic heterocycles. The predicted molar refractivity (Wildman–Crippen MR) is 135 cm³/mol. The highest BCUT2D eigenvalue weighted by Crippen LogP contribution is 2.28. The number of allylic oxidation sites excluding steroid dienone is 1. The van der Waals surface area contributed by atoms with Gasteiger partial charge in [-0.3, -0.25) is 4.79 Å². The van der Waals surface area contributed by atoms with Crippen LogP contribution < -0.4 is 15.0 Å². The number of aliphatic hydroxyl groups excluding tert-OH is 1. The van der Waals surface area contributed by atoms with Gasteiger partial charge in [-0.25, -0.2) is 9.50 Å². The number of hydrogen-bond donors (Lipinski definition) is 2. The largest absolute Gasteiger partial charge is 0.493 e. The number of ether oxygens (including phenoxy) is 2. The second kappa shape index (κ2) is 10.6. The van der Waals surface area contributed by atoms with E-state index in [4.69, 9.17) is 14.6 Å². The fourth-order valence-corrected chi connectivity index (χ4v) is 4.17. The van der Waals surface area contributed by atoms with Gasteiger partial charge in [-0.2, -0.15) is 5.10 Å². The van der Waals surface area contributed by atoms with Gasteiger partial charge in [-0.15, -0.1) is 0 Å². The van der Waals surface area contributed by atoms with E-state index in [2.05, 4.69) is 9.97 Å². The van der Waals surface area contributed by atoms with Gasteiger partial charge in [-0.1, -0.05) is 48.6 Å². The van der Waals surface area contributed by atoms with E-state index < -0.39 is 6.10 Å². The third kappa shape index (κ3) is 5.27. The summed E-state index contributed by atoms with van der Waals surface area (Å²) in [4.78, 5) is 20.5. The molecule has 0 saturated carbocycles. The Labute approximate surface area is 203 Å². The number of H-pyrrole nitrogens is 1. The number of methoxy groups -OCH3 is 2. The molecule has 0 fully saturated rings. The minimum Gasteiger partial charge on any atom is -0.493 e. The Morgan fingerprint density at radius 3 is 2.54 bits per heavy atom. The van der Waals surface area contributed by atoms with Crippen LogP contribution >= 0.6 is 0 Å². The van der Waals surface area contributed by atoms with Gasteiger partial charge in [0.1, 0.15) is 11.6 Å². The zero-order valence-corrected chi connectivity index (χ0v) is 20.4. The lowest BCUT2D eigenvalue weighted by Gasteiger charge is -2.17. The molecule has 2 heterocycles. The van der Waals surface area contributed by atoms with Crippen molar-refractivity contribution in [3.05, 3.63) is 93.4 Å². The van der Waals surface area contributed by atoms with Crippen LogP contribution in [0.2, 0.25) is 0 Å². The SMILES string of the molecule is COc1ccc(Cc2nn3c(C(C/C=C/c4ccccc4)C(C)O)nc(C)c3c(=O)[nH]2)cc1OC. The van der Waals surface area contributed by atoms with E-state index in [1.165, 1.54) is 0 Å².